The first kappa shape index (κ1) is 15.4. The van der Waals surface area contributed by atoms with Gasteiger partial charge in [-0.15, -0.1) is 0 Å². The third-order valence-corrected chi connectivity index (χ3v) is 3.46. The van der Waals surface area contributed by atoms with Gasteiger partial charge in [-0.25, -0.2) is 0 Å². The quantitative estimate of drug-likeness (QED) is 0.688. The van der Waals surface area contributed by atoms with Crippen LogP contribution in [0.15, 0.2) is 24.4 Å². The first-order valence-corrected chi connectivity index (χ1v) is 7.18. The van der Waals surface area contributed by atoms with Crippen molar-refractivity contribution in [2.24, 2.45) is 0 Å². The number of H-pyrrole nitrogens is 1. The molecule has 6 heteroatoms. The molecule has 0 fully saturated rings. The van der Waals surface area contributed by atoms with Gasteiger partial charge in [0.25, 0.3) is 0 Å². The van der Waals surface area contributed by atoms with Crippen molar-refractivity contribution in [2.75, 3.05) is 6.54 Å². The first-order valence-electron chi connectivity index (χ1n) is 6.80. The van der Waals surface area contributed by atoms with E-state index in [-0.39, 0.29) is 18.7 Å². The summed E-state index contributed by atoms with van der Waals surface area (Å²) in [4.78, 5) is 25.3. The zero-order valence-electron chi connectivity index (χ0n) is 11.5. The first-order chi connectivity index (χ1) is 10.1. The van der Waals surface area contributed by atoms with Crippen molar-refractivity contribution in [2.45, 2.75) is 25.7 Å². The summed E-state index contributed by atoms with van der Waals surface area (Å²) >= 11 is 5.97. The number of aromatic nitrogens is 1. The minimum atomic E-state index is -0.808. The van der Waals surface area contributed by atoms with Gasteiger partial charge >= 0.3 is 5.97 Å². The highest BCUT2D eigenvalue weighted by Crippen LogP contribution is 2.22. The Balaban J connectivity index is 1.84. The number of aliphatic carboxylic acids is 1. The molecule has 0 unspecified atom stereocenters. The van der Waals surface area contributed by atoms with E-state index in [1.165, 1.54) is 0 Å². The fourth-order valence-corrected chi connectivity index (χ4v) is 2.33. The summed E-state index contributed by atoms with van der Waals surface area (Å²) < 4.78 is 0. The zero-order chi connectivity index (χ0) is 15.2. The third kappa shape index (κ3) is 4.49. The molecule has 0 atom stereocenters. The van der Waals surface area contributed by atoms with Crippen LogP contribution in [0.1, 0.15) is 24.8 Å². The summed E-state index contributed by atoms with van der Waals surface area (Å²) in [7, 11) is 0. The average molecular weight is 309 g/mol. The molecule has 0 bridgehead atoms. The highest BCUT2D eigenvalue weighted by molar-refractivity contribution is 6.31. The van der Waals surface area contributed by atoms with Crippen LogP contribution in [0.5, 0.6) is 0 Å². The van der Waals surface area contributed by atoms with Crippen LogP contribution in [0.25, 0.3) is 10.9 Å². The van der Waals surface area contributed by atoms with Crippen LogP contribution in [0.4, 0.5) is 0 Å². The normalized spacial score (nSPS) is 10.7. The molecule has 0 radical (unpaired) electrons. The Hall–Kier alpha value is -2.01. The zero-order valence-corrected chi connectivity index (χ0v) is 12.2. The molecule has 0 saturated carbocycles. The van der Waals surface area contributed by atoms with Crippen LogP contribution in [-0.4, -0.2) is 28.5 Å². The van der Waals surface area contributed by atoms with Gasteiger partial charge in [0.1, 0.15) is 0 Å². The fraction of sp³-hybridized carbons (Fsp3) is 0.333. The number of amides is 1. The molecule has 1 aromatic heterocycles. The summed E-state index contributed by atoms with van der Waals surface area (Å²) in [5.41, 5.74) is 1.85. The predicted octanol–water partition coefficient (Wildman–Crippen LogP) is 2.73. The van der Waals surface area contributed by atoms with Gasteiger partial charge in [-0.2, -0.15) is 0 Å². The number of carbonyl (C=O) groups excluding carboxylic acids is 1. The van der Waals surface area contributed by atoms with Crippen molar-refractivity contribution in [1.29, 1.82) is 0 Å². The molecule has 0 saturated heterocycles. The highest BCUT2D eigenvalue weighted by atomic mass is 35.5. The molecule has 2 aromatic rings. The van der Waals surface area contributed by atoms with E-state index in [2.05, 4.69) is 10.3 Å². The summed E-state index contributed by atoms with van der Waals surface area (Å²) in [5.74, 6) is -0.886. The number of hydrogen-bond donors (Lipinski definition) is 3. The summed E-state index contributed by atoms with van der Waals surface area (Å²) in [6.07, 6.45) is 3.46. The maximum Gasteiger partial charge on any atom is 0.303 e. The average Bonchev–Trinajstić information content (AvgIpc) is 2.80. The molecule has 0 spiro atoms. The van der Waals surface area contributed by atoms with Crippen molar-refractivity contribution in [3.8, 4) is 0 Å². The van der Waals surface area contributed by atoms with Crippen LogP contribution in [-0.2, 0) is 16.0 Å². The molecule has 5 nitrogen and oxygen atoms in total. The van der Waals surface area contributed by atoms with Crippen LogP contribution in [0.3, 0.4) is 0 Å². The van der Waals surface area contributed by atoms with E-state index in [0.29, 0.717) is 24.4 Å². The monoisotopic (exact) mass is 308 g/mol. The van der Waals surface area contributed by atoms with E-state index in [1.807, 2.05) is 18.3 Å². The number of nitrogens with one attached hydrogen (secondary N) is 2. The number of fused-ring (bicyclic) bond motifs is 1. The second kappa shape index (κ2) is 7.13. The van der Waals surface area contributed by atoms with E-state index >= 15 is 0 Å². The molecule has 0 aliphatic heterocycles. The molecule has 112 valence electrons. The Morgan fingerprint density at radius 1 is 1.29 bits per heavy atom. The Labute approximate surface area is 127 Å². The second-order valence-electron chi connectivity index (χ2n) is 4.88. The lowest BCUT2D eigenvalue weighted by atomic mass is 10.1. The van der Waals surface area contributed by atoms with Crippen molar-refractivity contribution in [1.82, 2.24) is 10.3 Å². The van der Waals surface area contributed by atoms with Gasteiger partial charge in [0.05, 0.1) is 6.42 Å². The maximum absolute atomic E-state index is 11.9. The van der Waals surface area contributed by atoms with Gasteiger partial charge in [0.2, 0.25) is 5.91 Å². The van der Waals surface area contributed by atoms with Crippen molar-refractivity contribution in [3.63, 3.8) is 0 Å². The number of carbonyl (C=O) groups is 2. The molecule has 3 N–H and O–H groups in total. The molecule has 1 aromatic carbocycles. The largest absolute Gasteiger partial charge is 0.481 e. The smallest absolute Gasteiger partial charge is 0.303 e. The van der Waals surface area contributed by atoms with Gasteiger partial charge in [0, 0.05) is 35.1 Å². The van der Waals surface area contributed by atoms with Crippen molar-refractivity contribution >= 4 is 34.4 Å². The van der Waals surface area contributed by atoms with Crippen LogP contribution in [0.2, 0.25) is 5.02 Å². The van der Waals surface area contributed by atoms with E-state index in [9.17, 15) is 9.59 Å². The number of unbranched alkanes of at least 4 members (excludes halogenated alkanes) is 1. The predicted molar refractivity (Wildman–Crippen MR) is 81.5 cm³/mol. The summed E-state index contributed by atoms with van der Waals surface area (Å²) in [6, 6.07) is 5.51. The third-order valence-electron chi connectivity index (χ3n) is 3.22. The van der Waals surface area contributed by atoms with E-state index < -0.39 is 5.97 Å². The minimum absolute atomic E-state index is 0.0776. The van der Waals surface area contributed by atoms with Crippen molar-refractivity contribution < 1.29 is 14.7 Å². The number of carboxylic acids is 1. The lowest BCUT2D eigenvalue weighted by Gasteiger charge is -2.04. The maximum atomic E-state index is 11.9. The summed E-state index contributed by atoms with van der Waals surface area (Å²) in [5, 5.41) is 12.9. The fourth-order valence-electron chi connectivity index (χ4n) is 2.16. The van der Waals surface area contributed by atoms with Crippen LogP contribution in [0, 0.1) is 0 Å². The highest BCUT2D eigenvalue weighted by Gasteiger charge is 2.09. The topological polar surface area (TPSA) is 82.2 Å². The second-order valence-corrected chi connectivity index (χ2v) is 5.32. The van der Waals surface area contributed by atoms with E-state index in [1.54, 1.807) is 6.07 Å². The van der Waals surface area contributed by atoms with E-state index in [0.717, 1.165) is 16.5 Å². The number of hydrogen-bond acceptors (Lipinski definition) is 2. The molecule has 21 heavy (non-hydrogen) atoms. The lowest BCUT2D eigenvalue weighted by Crippen LogP contribution is -2.26. The standard InChI is InChI=1S/C15H17ClN2O3/c16-11-4-5-13-12(8-11)10(9-18-13)7-14(19)17-6-2-1-3-15(20)21/h4-5,8-9,18H,1-3,6-7H2,(H,17,19)(H,20,21). The molecule has 1 heterocycles. The number of aromatic amines is 1. The van der Waals surface area contributed by atoms with Crippen LogP contribution >= 0.6 is 11.6 Å². The lowest BCUT2D eigenvalue weighted by molar-refractivity contribution is -0.137. The Bertz CT molecular complexity index is 651. The number of benzene rings is 1. The molecular weight excluding hydrogens is 292 g/mol. The number of rotatable bonds is 7. The van der Waals surface area contributed by atoms with E-state index in [4.69, 9.17) is 16.7 Å². The Kier molecular flexibility index (Phi) is 5.22. The molecule has 2 rings (SSSR count). The van der Waals surface area contributed by atoms with Crippen LogP contribution < -0.4 is 5.32 Å². The molecular formula is C15H17ClN2O3. The minimum Gasteiger partial charge on any atom is -0.481 e. The Morgan fingerprint density at radius 2 is 2.10 bits per heavy atom. The number of carboxylic acid groups (broad SMARTS) is 1. The molecule has 1 amide bonds. The van der Waals surface area contributed by atoms with Crippen molar-refractivity contribution in [3.05, 3.63) is 35.0 Å². The number of halogens is 1. The van der Waals surface area contributed by atoms with Gasteiger partial charge < -0.3 is 15.4 Å². The van der Waals surface area contributed by atoms with Gasteiger partial charge in [0.15, 0.2) is 0 Å². The van der Waals surface area contributed by atoms with Gasteiger partial charge in [-0.1, -0.05) is 11.6 Å². The van der Waals surface area contributed by atoms with Gasteiger partial charge in [-0.05, 0) is 36.6 Å². The summed E-state index contributed by atoms with van der Waals surface area (Å²) in [6.45, 7) is 0.495. The molecule has 0 aliphatic rings. The SMILES string of the molecule is O=C(O)CCCCNC(=O)Cc1c[nH]c2ccc(Cl)cc12. The molecule has 0 aliphatic carbocycles. The van der Waals surface area contributed by atoms with Gasteiger partial charge in [-0.3, -0.25) is 9.59 Å². The Morgan fingerprint density at radius 3 is 2.86 bits per heavy atom.